The van der Waals surface area contributed by atoms with Gasteiger partial charge in [-0.15, -0.1) is 5.10 Å². The summed E-state index contributed by atoms with van der Waals surface area (Å²) in [6.45, 7) is 2.08. The van der Waals surface area contributed by atoms with Gasteiger partial charge in [0.25, 0.3) is 0 Å². The quantitative estimate of drug-likeness (QED) is 0.600. The number of esters is 1. The first-order valence-corrected chi connectivity index (χ1v) is 4.01. The zero-order valence-corrected chi connectivity index (χ0v) is 7.36. The Morgan fingerprint density at radius 2 is 2.62 bits per heavy atom. The molecule has 0 saturated heterocycles. The predicted molar refractivity (Wildman–Crippen MR) is 44.7 cm³/mol. The van der Waals surface area contributed by atoms with Gasteiger partial charge in [-0.25, -0.2) is 0 Å². The van der Waals surface area contributed by atoms with E-state index in [1.54, 1.807) is 6.92 Å². The lowest BCUT2D eigenvalue weighted by Gasteiger charge is -2.07. The zero-order valence-electron chi connectivity index (χ0n) is 7.36. The summed E-state index contributed by atoms with van der Waals surface area (Å²) in [4.78, 5) is 11.1. The summed E-state index contributed by atoms with van der Waals surface area (Å²) in [7, 11) is 0. The maximum atomic E-state index is 11.1. The second kappa shape index (κ2) is 4.56. The molecule has 0 aliphatic rings. The Morgan fingerprint density at radius 3 is 3.15 bits per heavy atom. The standard InChI is InChI=1S/C7H12N4O2/c1-2-13-7(12)6(8)3-5-4-9-11-10-5/h4,6H,2-3,8H2,1H3,(H,9,10,11). The van der Waals surface area contributed by atoms with E-state index in [1.165, 1.54) is 6.20 Å². The van der Waals surface area contributed by atoms with E-state index in [1.807, 2.05) is 0 Å². The number of carbonyl (C=O) groups is 1. The summed E-state index contributed by atoms with van der Waals surface area (Å²) in [5.74, 6) is -0.405. The van der Waals surface area contributed by atoms with Gasteiger partial charge in [0, 0.05) is 6.42 Å². The van der Waals surface area contributed by atoms with E-state index in [0.29, 0.717) is 13.0 Å². The van der Waals surface area contributed by atoms with Crippen molar-refractivity contribution in [1.82, 2.24) is 15.4 Å². The lowest BCUT2D eigenvalue weighted by molar-refractivity contribution is -0.144. The maximum absolute atomic E-state index is 11.1. The van der Waals surface area contributed by atoms with Gasteiger partial charge in [0.15, 0.2) is 0 Å². The summed E-state index contributed by atoms with van der Waals surface area (Å²) in [6, 6.07) is -0.651. The molecule has 1 aromatic rings. The molecule has 0 fully saturated rings. The van der Waals surface area contributed by atoms with Crippen molar-refractivity contribution < 1.29 is 9.53 Å². The molecule has 1 heterocycles. The Balaban J connectivity index is 2.41. The van der Waals surface area contributed by atoms with E-state index in [9.17, 15) is 4.79 Å². The molecule has 72 valence electrons. The molecule has 1 unspecified atom stereocenters. The Labute approximate surface area is 75.5 Å². The minimum absolute atomic E-state index is 0.341. The van der Waals surface area contributed by atoms with Crippen molar-refractivity contribution in [1.29, 1.82) is 0 Å². The summed E-state index contributed by atoms with van der Waals surface area (Å²) >= 11 is 0. The second-order valence-electron chi connectivity index (χ2n) is 2.54. The number of nitrogens with one attached hydrogen (secondary N) is 1. The molecule has 1 rings (SSSR count). The molecule has 3 N–H and O–H groups in total. The Hall–Kier alpha value is -1.43. The molecule has 0 radical (unpaired) electrons. The minimum Gasteiger partial charge on any atom is -0.465 e. The number of nitrogens with two attached hydrogens (primary N) is 1. The Bertz CT molecular complexity index is 259. The molecule has 0 saturated carbocycles. The molecule has 0 aromatic carbocycles. The number of ether oxygens (including phenoxy) is 1. The minimum atomic E-state index is -0.651. The monoisotopic (exact) mass is 184 g/mol. The highest BCUT2D eigenvalue weighted by Crippen LogP contribution is 1.96. The van der Waals surface area contributed by atoms with Gasteiger partial charge in [0.2, 0.25) is 0 Å². The van der Waals surface area contributed by atoms with Crippen molar-refractivity contribution in [2.45, 2.75) is 19.4 Å². The summed E-state index contributed by atoms with van der Waals surface area (Å²) in [5.41, 5.74) is 6.27. The topological polar surface area (TPSA) is 93.9 Å². The van der Waals surface area contributed by atoms with Crippen LogP contribution in [0.15, 0.2) is 6.20 Å². The molecule has 0 aliphatic heterocycles. The summed E-state index contributed by atoms with van der Waals surface area (Å²) < 4.78 is 4.73. The highest BCUT2D eigenvalue weighted by Gasteiger charge is 2.15. The first-order valence-electron chi connectivity index (χ1n) is 4.01. The van der Waals surface area contributed by atoms with Gasteiger partial charge in [0.05, 0.1) is 18.5 Å². The van der Waals surface area contributed by atoms with Gasteiger partial charge in [0.1, 0.15) is 6.04 Å². The molecular weight excluding hydrogens is 172 g/mol. The van der Waals surface area contributed by atoms with Crippen LogP contribution < -0.4 is 5.73 Å². The largest absolute Gasteiger partial charge is 0.465 e. The molecule has 0 amide bonds. The lowest BCUT2D eigenvalue weighted by Crippen LogP contribution is -2.34. The van der Waals surface area contributed by atoms with Gasteiger partial charge < -0.3 is 10.5 Å². The van der Waals surface area contributed by atoms with E-state index in [4.69, 9.17) is 10.5 Å². The third-order valence-electron chi connectivity index (χ3n) is 1.49. The first kappa shape index (κ1) is 9.66. The molecule has 0 aliphatic carbocycles. The first-order chi connectivity index (χ1) is 6.24. The van der Waals surface area contributed by atoms with E-state index in [0.717, 1.165) is 5.69 Å². The predicted octanol–water partition coefficient (Wildman–Crippen LogP) is -0.762. The van der Waals surface area contributed by atoms with Crippen LogP contribution in [0.1, 0.15) is 12.6 Å². The molecule has 1 aromatic heterocycles. The van der Waals surface area contributed by atoms with Crippen molar-refractivity contribution in [3.8, 4) is 0 Å². The van der Waals surface area contributed by atoms with E-state index in [2.05, 4.69) is 15.4 Å². The molecule has 0 spiro atoms. The Kier molecular flexibility index (Phi) is 3.39. The van der Waals surface area contributed by atoms with Crippen molar-refractivity contribution in [2.24, 2.45) is 5.73 Å². The van der Waals surface area contributed by atoms with Crippen molar-refractivity contribution in [3.63, 3.8) is 0 Å². The molecule has 6 heteroatoms. The normalized spacial score (nSPS) is 12.5. The van der Waals surface area contributed by atoms with E-state index in [-0.39, 0.29) is 0 Å². The van der Waals surface area contributed by atoms with E-state index < -0.39 is 12.0 Å². The average Bonchev–Trinajstić information content (AvgIpc) is 2.57. The van der Waals surface area contributed by atoms with Crippen LogP contribution in [0.5, 0.6) is 0 Å². The zero-order chi connectivity index (χ0) is 9.68. The highest BCUT2D eigenvalue weighted by molar-refractivity contribution is 5.75. The fourth-order valence-electron chi connectivity index (χ4n) is 0.888. The van der Waals surface area contributed by atoms with Crippen LogP contribution in [-0.2, 0) is 16.0 Å². The number of nitrogens with zero attached hydrogens (tertiary/aromatic N) is 2. The molecule has 13 heavy (non-hydrogen) atoms. The molecule has 0 bridgehead atoms. The third-order valence-corrected chi connectivity index (χ3v) is 1.49. The molecule has 6 nitrogen and oxygen atoms in total. The van der Waals surface area contributed by atoms with Crippen molar-refractivity contribution in [3.05, 3.63) is 11.9 Å². The summed E-state index contributed by atoms with van der Waals surface area (Å²) in [6.07, 6.45) is 1.89. The molecule has 1 atom stereocenters. The van der Waals surface area contributed by atoms with Gasteiger partial charge in [-0.1, -0.05) is 5.21 Å². The second-order valence-corrected chi connectivity index (χ2v) is 2.54. The number of hydrogen-bond donors (Lipinski definition) is 2. The SMILES string of the molecule is CCOC(=O)C(N)Cc1cnn[nH]1. The highest BCUT2D eigenvalue weighted by atomic mass is 16.5. The van der Waals surface area contributed by atoms with Crippen LogP contribution in [0, 0.1) is 0 Å². The van der Waals surface area contributed by atoms with Gasteiger partial charge in [-0.3, -0.25) is 9.89 Å². The third kappa shape index (κ3) is 2.83. The number of carbonyl (C=O) groups excluding carboxylic acids is 1. The maximum Gasteiger partial charge on any atom is 0.323 e. The van der Waals surface area contributed by atoms with Gasteiger partial charge >= 0.3 is 5.97 Å². The number of H-pyrrole nitrogens is 1. The number of rotatable bonds is 4. The van der Waals surface area contributed by atoms with Crippen LogP contribution in [0.3, 0.4) is 0 Å². The number of hydrogen-bond acceptors (Lipinski definition) is 5. The van der Waals surface area contributed by atoms with Crippen LogP contribution in [0.25, 0.3) is 0 Å². The van der Waals surface area contributed by atoms with E-state index >= 15 is 0 Å². The number of aromatic amines is 1. The fraction of sp³-hybridized carbons (Fsp3) is 0.571. The van der Waals surface area contributed by atoms with Crippen LogP contribution in [0.4, 0.5) is 0 Å². The lowest BCUT2D eigenvalue weighted by atomic mass is 10.2. The number of aromatic nitrogens is 3. The molecular formula is C7H12N4O2. The van der Waals surface area contributed by atoms with Crippen LogP contribution in [-0.4, -0.2) is 34.0 Å². The van der Waals surface area contributed by atoms with Gasteiger partial charge in [-0.05, 0) is 6.92 Å². The smallest absolute Gasteiger partial charge is 0.323 e. The fourth-order valence-corrected chi connectivity index (χ4v) is 0.888. The average molecular weight is 184 g/mol. The van der Waals surface area contributed by atoms with Crippen molar-refractivity contribution >= 4 is 5.97 Å². The van der Waals surface area contributed by atoms with Crippen LogP contribution in [0.2, 0.25) is 0 Å². The summed E-state index contributed by atoms with van der Waals surface area (Å²) in [5, 5.41) is 9.68. The van der Waals surface area contributed by atoms with Gasteiger partial charge in [-0.2, -0.15) is 0 Å². The Morgan fingerprint density at radius 1 is 1.85 bits per heavy atom. The van der Waals surface area contributed by atoms with Crippen molar-refractivity contribution in [2.75, 3.05) is 6.61 Å². The van der Waals surface area contributed by atoms with Crippen LogP contribution >= 0.6 is 0 Å².